The van der Waals surface area contributed by atoms with E-state index in [1.807, 2.05) is 19.3 Å². The first-order valence-corrected chi connectivity index (χ1v) is 9.50. The number of fused-ring (bicyclic) bond motifs is 1. The van der Waals surface area contributed by atoms with Crippen LogP contribution in [0.25, 0.3) is 11.0 Å². The molecule has 2 unspecified atom stereocenters. The van der Waals surface area contributed by atoms with Gasteiger partial charge in [-0.25, -0.2) is 18.7 Å². The number of anilines is 1. The first-order valence-electron chi connectivity index (χ1n) is 9.50. The highest BCUT2D eigenvalue weighted by molar-refractivity contribution is 5.87. The van der Waals surface area contributed by atoms with Crippen LogP contribution in [0.4, 0.5) is 14.6 Å². The van der Waals surface area contributed by atoms with Gasteiger partial charge in [0.1, 0.15) is 17.8 Å². The Morgan fingerprint density at radius 1 is 1.41 bits per heavy atom. The predicted molar refractivity (Wildman–Crippen MR) is 101 cm³/mol. The molecule has 0 aliphatic heterocycles. The lowest BCUT2D eigenvalue weighted by molar-refractivity contribution is -0.126. The molecule has 1 fully saturated rings. The van der Waals surface area contributed by atoms with Gasteiger partial charge < -0.3 is 15.2 Å². The number of hydrogen-bond donors (Lipinski definition) is 2. The molecular formula is C19H27F2N5O. The minimum absolute atomic E-state index is 0.176. The summed E-state index contributed by atoms with van der Waals surface area (Å²) < 4.78 is 24.7. The number of carbonyl (C=O) groups excluding carboxylic acids is 1. The van der Waals surface area contributed by atoms with E-state index in [4.69, 9.17) is 0 Å². The van der Waals surface area contributed by atoms with Crippen LogP contribution >= 0.6 is 0 Å². The lowest BCUT2D eigenvalue weighted by Crippen LogP contribution is -2.35. The molecule has 8 heteroatoms. The Labute approximate surface area is 157 Å². The zero-order valence-electron chi connectivity index (χ0n) is 15.8. The van der Waals surface area contributed by atoms with Gasteiger partial charge in [0, 0.05) is 25.7 Å². The van der Waals surface area contributed by atoms with Gasteiger partial charge in [0.2, 0.25) is 5.91 Å². The number of halogens is 2. The van der Waals surface area contributed by atoms with Gasteiger partial charge in [0.25, 0.3) is 6.43 Å². The normalized spacial score (nSPS) is 23.4. The zero-order valence-corrected chi connectivity index (χ0v) is 15.8. The fourth-order valence-electron chi connectivity index (χ4n) is 4.10. The summed E-state index contributed by atoms with van der Waals surface area (Å²) >= 11 is 0. The molecule has 2 heterocycles. The molecule has 1 amide bonds. The number of nitrogens with one attached hydrogen (secondary N) is 2. The third kappa shape index (κ3) is 4.73. The second-order valence-corrected chi connectivity index (χ2v) is 7.55. The summed E-state index contributed by atoms with van der Waals surface area (Å²) in [7, 11) is 2.03. The van der Waals surface area contributed by atoms with Crippen LogP contribution in [0.5, 0.6) is 0 Å². The molecule has 2 aromatic heterocycles. The van der Waals surface area contributed by atoms with Crippen LogP contribution in [0, 0.1) is 17.8 Å². The Morgan fingerprint density at radius 3 is 3.00 bits per heavy atom. The van der Waals surface area contributed by atoms with E-state index in [0.29, 0.717) is 11.8 Å². The second-order valence-electron chi connectivity index (χ2n) is 7.55. The quantitative estimate of drug-likeness (QED) is 0.756. The summed E-state index contributed by atoms with van der Waals surface area (Å²) in [6, 6.07) is 1.97. The molecule has 6 nitrogen and oxygen atoms in total. The van der Waals surface area contributed by atoms with Crippen molar-refractivity contribution in [3.8, 4) is 0 Å². The van der Waals surface area contributed by atoms with Crippen LogP contribution in [-0.4, -0.2) is 47.4 Å². The maximum Gasteiger partial charge on any atom is 0.255 e. The van der Waals surface area contributed by atoms with Gasteiger partial charge in [-0.2, -0.15) is 0 Å². The Bertz CT molecular complexity index is 765. The predicted octanol–water partition coefficient (Wildman–Crippen LogP) is 3.22. The van der Waals surface area contributed by atoms with Crippen LogP contribution in [0.15, 0.2) is 18.6 Å². The highest BCUT2D eigenvalue weighted by Gasteiger charge is 2.30. The van der Waals surface area contributed by atoms with E-state index in [2.05, 4.69) is 32.1 Å². The van der Waals surface area contributed by atoms with Gasteiger partial charge >= 0.3 is 0 Å². The monoisotopic (exact) mass is 379 g/mol. The highest BCUT2D eigenvalue weighted by atomic mass is 19.3. The van der Waals surface area contributed by atoms with E-state index in [1.165, 1.54) is 0 Å². The molecule has 1 aliphatic rings. The van der Waals surface area contributed by atoms with Gasteiger partial charge in [0.15, 0.2) is 0 Å². The molecule has 3 rings (SSSR count). The van der Waals surface area contributed by atoms with Gasteiger partial charge in [0.05, 0.1) is 11.9 Å². The molecule has 0 radical (unpaired) electrons. The molecule has 1 aliphatic carbocycles. The van der Waals surface area contributed by atoms with Gasteiger partial charge in [-0.05, 0) is 37.2 Å². The van der Waals surface area contributed by atoms with Crippen LogP contribution in [-0.2, 0) is 4.79 Å². The van der Waals surface area contributed by atoms with Crippen molar-refractivity contribution in [1.82, 2.24) is 20.3 Å². The van der Waals surface area contributed by atoms with E-state index in [1.54, 1.807) is 6.33 Å². The largest absolute Gasteiger partial charge is 0.359 e. The molecule has 2 aromatic rings. The van der Waals surface area contributed by atoms with Crippen LogP contribution in [0.1, 0.15) is 32.6 Å². The first kappa shape index (κ1) is 19.5. The fraction of sp³-hybridized carbons (Fsp3) is 0.632. The number of hydrogen-bond acceptors (Lipinski definition) is 4. The van der Waals surface area contributed by atoms with Crippen molar-refractivity contribution in [3.63, 3.8) is 0 Å². The maximum absolute atomic E-state index is 12.3. The Balaban J connectivity index is 1.62. The number of rotatable bonds is 6. The number of carbonyl (C=O) groups is 1. The van der Waals surface area contributed by atoms with Gasteiger partial charge in [-0.15, -0.1) is 0 Å². The Kier molecular flexibility index (Phi) is 6.23. The molecule has 148 valence electrons. The van der Waals surface area contributed by atoms with Crippen molar-refractivity contribution >= 4 is 22.8 Å². The number of H-pyrrole nitrogens is 1. The van der Waals surface area contributed by atoms with Gasteiger partial charge in [-0.3, -0.25) is 4.79 Å². The first-order chi connectivity index (χ1) is 13.0. The average molecular weight is 379 g/mol. The van der Waals surface area contributed by atoms with Crippen molar-refractivity contribution in [2.24, 2.45) is 17.8 Å². The van der Waals surface area contributed by atoms with Crippen molar-refractivity contribution in [3.05, 3.63) is 18.6 Å². The van der Waals surface area contributed by atoms with E-state index in [9.17, 15) is 13.6 Å². The smallest absolute Gasteiger partial charge is 0.255 e. The number of aromatic nitrogens is 3. The van der Waals surface area contributed by atoms with Gasteiger partial charge in [-0.1, -0.05) is 13.3 Å². The molecule has 0 spiro atoms. The van der Waals surface area contributed by atoms with E-state index in [0.717, 1.165) is 49.1 Å². The molecule has 1 saturated carbocycles. The van der Waals surface area contributed by atoms with Crippen LogP contribution < -0.4 is 10.2 Å². The number of amides is 1. The average Bonchev–Trinajstić information content (AvgIpc) is 3.05. The lowest BCUT2D eigenvalue weighted by Gasteiger charge is -2.28. The molecule has 0 saturated heterocycles. The number of alkyl halides is 2. The SMILES string of the molecule is C[C@H]1CC(C(=O)NCC(F)F)CCCC1CN(C)c1ncnc2[nH]ccc12. The van der Waals surface area contributed by atoms with Crippen molar-refractivity contribution in [1.29, 1.82) is 0 Å². The molecule has 0 aromatic carbocycles. The van der Waals surface area contributed by atoms with Crippen LogP contribution in [0.3, 0.4) is 0 Å². The minimum atomic E-state index is -2.50. The van der Waals surface area contributed by atoms with E-state index in [-0.39, 0.29) is 11.8 Å². The zero-order chi connectivity index (χ0) is 19.4. The maximum atomic E-state index is 12.3. The van der Waals surface area contributed by atoms with E-state index >= 15 is 0 Å². The summed E-state index contributed by atoms with van der Waals surface area (Å²) in [5.74, 6) is 1.24. The minimum Gasteiger partial charge on any atom is -0.359 e. The third-order valence-electron chi connectivity index (χ3n) is 5.59. The third-order valence-corrected chi connectivity index (χ3v) is 5.59. The van der Waals surface area contributed by atoms with Crippen molar-refractivity contribution in [2.45, 2.75) is 39.0 Å². The molecule has 0 bridgehead atoms. The number of aromatic amines is 1. The Hall–Kier alpha value is -2.25. The lowest BCUT2D eigenvalue weighted by atomic mass is 9.86. The summed E-state index contributed by atoms with van der Waals surface area (Å²) in [6.07, 6.45) is 4.35. The van der Waals surface area contributed by atoms with Crippen LogP contribution in [0.2, 0.25) is 0 Å². The summed E-state index contributed by atoms with van der Waals surface area (Å²) in [5.41, 5.74) is 0.816. The highest BCUT2D eigenvalue weighted by Crippen LogP contribution is 2.34. The molecular weight excluding hydrogens is 352 g/mol. The fourth-order valence-corrected chi connectivity index (χ4v) is 4.10. The summed E-state index contributed by atoms with van der Waals surface area (Å²) in [5, 5.41) is 3.37. The standard InChI is InChI=1S/C19H27F2N5O/c1-12-8-13(19(27)23-9-16(20)21)4-3-5-14(12)10-26(2)18-15-6-7-22-17(15)24-11-25-18/h6-7,11-14,16H,3-5,8-10H2,1-2H3,(H,23,27)(H,22,24,25)/t12-,13?,14?/m0/s1. The molecule has 27 heavy (non-hydrogen) atoms. The van der Waals surface area contributed by atoms with E-state index < -0.39 is 13.0 Å². The van der Waals surface area contributed by atoms with Crippen molar-refractivity contribution in [2.75, 3.05) is 25.0 Å². The number of nitrogens with zero attached hydrogens (tertiary/aromatic N) is 3. The Morgan fingerprint density at radius 2 is 2.22 bits per heavy atom. The van der Waals surface area contributed by atoms with Crippen molar-refractivity contribution < 1.29 is 13.6 Å². The second kappa shape index (κ2) is 8.63. The summed E-state index contributed by atoms with van der Waals surface area (Å²) in [4.78, 5) is 26.1. The molecule has 3 atom stereocenters. The summed E-state index contributed by atoms with van der Waals surface area (Å²) in [6.45, 7) is 2.43. The molecule has 2 N–H and O–H groups in total. The topological polar surface area (TPSA) is 73.9 Å².